The molecule has 0 bridgehead atoms. The molecule has 6 heteroatoms. The van der Waals surface area contributed by atoms with Crippen molar-refractivity contribution in [3.05, 3.63) is 87.9 Å². The van der Waals surface area contributed by atoms with Gasteiger partial charge in [0.1, 0.15) is 0 Å². The molecule has 1 unspecified atom stereocenters. The van der Waals surface area contributed by atoms with Crippen LogP contribution in [0.25, 0.3) is 5.57 Å². The predicted octanol–water partition coefficient (Wildman–Crippen LogP) is 0.811. The minimum absolute atomic E-state index is 0.783. The van der Waals surface area contributed by atoms with Crippen molar-refractivity contribution in [3.8, 4) is 0 Å². The third-order valence-electron chi connectivity index (χ3n) is 4.47. The van der Waals surface area contributed by atoms with Gasteiger partial charge in [0.25, 0.3) is 0 Å². The van der Waals surface area contributed by atoms with E-state index in [2.05, 4.69) is 12.1 Å². The molecule has 1 aliphatic carbocycles. The van der Waals surface area contributed by atoms with Gasteiger partial charge in [-0.05, 0) is 0 Å². The molecule has 0 saturated carbocycles. The summed E-state index contributed by atoms with van der Waals surface area (Å²) in [4.78, 5) is 0. The number of allylic oxidation sites excluding steroid dienone is 4. The first-order chi connectivity index (χ1) is 12.5. The van der Waals surface area contributed by atoms with E-state index in [0.29, 0.717) is 0 Å². The van der Waals surface area contributed by atoms with E-state index in [1.54, 1.807) is 0 Å². The van der Waals surface area contributed by atoms with Gasteiger partial charge in [0.2, 0.25) is 0 Å². The Hall–Kier alpha value is -1.56. The van der Waals surface area contributed by atoms with Crippen LogP contribution < -0.4 is 14.0 Å². The average Bonchev–Trinajstić information content (AvgIpc) is 3.12. The molecule has 1 aliphatic heterocycles. The van der Waals surface area contributed by atoms with E-state index >= 15 is 0 Å². The molecule has 2 aliphatic rings. The van der Waals surface area contributed by atoms with Gasteiger partial charge in [0.15, 0.2) is 0 Å². The molecule has 1 heterocycles. The second-order valence-corrected chi connectivity index (χ2v) is 10.9. The molecule has 4 rings (SSSR count). The van der Waals surface area contributed by atoms with Gasteiger partial charge >= 0.3 is 159 Å². The minimum atomic E-state index is -4.47. The summed E-state index contributed by atoms with van der Waals surface area (Å²) in [5, 5.41) is 0. The molecule has 0 N–H and O–H groups in total. The topological polar surface area (TPSA) is 78.4 Å². The van der Waals surface area contributed by atoms with E-state index < -0.39 is 24.0 Å². The van der Waals surface area contributed by atoms with Crippen LogP contribution in [0.1, 0.15) is 30.4 Å². The standard InChI is InChI=1S/C20H17ClO4Se/c22-21(23,24)25-26-19-13-7-12-17(19)18(15-8-3-1-4-9-15)14-20(26)16-10-5-2-6-11-16/h1-6,8-11,14H,7,12-13H2. The zero-order valence-electron chi connectivity index (χ0n) is 13.9. The molecular formula is C20H17ClO4Se. The van der Waals surface area contributed by atoms with Gasteiger partial charge < -0.3 is 0 Å². The second kappa shape index (κ2) is 7.22. The summed E-state index contributed by atoms with van der Waals surface area (Å²) in [6.45, 7) is 0. The molecule has 0 amide bonds. The zero-order valence-corrected chi connectivity index (χ0v) is 16.4. The molecule has 4 nitrogen and oxygen atoms in total. The SMILES string of the molecule is [O-][Cl+3]([O-])([O-])O[Se]1=C(c2ccccc2)C=C(c2ccccc2)C2=C1CCC2. The van der Waals surface area contributed by atoms with Crippen molar-refractivity contribution < 1.29 is 27.6 Å². The van der Waals surface area contributed by atoms with Crippen molar-refractivity contribution in [1.82, 2.24) is 0 Å². The van der Waals surface area contributed by atoms with Crippen LogP contribution in [0.15, 0.2) is 76.8 Å². The van der Waals surface area contributed by atoms with Crippen LogP contribution in [0, 0.1) is 10.2 Å². The monoisotopic (exact) mass is 436 g/mol. The summed E-state index contributed by atoms with van der Waals surface area (Å²) in [5.41, 5.74) is 4.27. The summed E-state index contributed by atoms with van der Waals surface area (Å²) < 4.78 is 41.1. The van der Waals surface area contributed by atoms with Crippen LogP contribution in [-0.2, 0) is 3.37 Å². The van der Waals surface area contributed by atoms with Crippen LogP contribution in [0.4, 0.5) is 0 Å². The molecule has 26 heavy (non-hydrogen) atoms. The van der Waals surface area contributed by atoms with Gasteiger partial charge in [0, 0.05) is 0 Å². The molecule has 0 radical (unpaired) electrons. The first kappa shape index (κ1) is 17.8. The summed E-state index contributed by atoms with van der Waals surface area (Å²) in [6, 6.07) is 19.7. The fourth-order valence-electron chi connectivity index (χ4n) is 3.43. The quantitative estimate of drug-likeness (QED) is 0.666. The van der Waals surface area contributed by atoms with Gasteiger partial charge in [-0.15, -0.1) is 0 Å². The Morgan fingerprint density at radius 2 is 1.42 bits per heavy atom. The van der Waals surface area contributed by atoms with E-state index in [1.165, 1.54) is 0 Å². The Bertz CT molecular complexity index is 912. The van der Waals surface area contributed by atoms with Crippen LogP contribution >= 0.6 is 0 Å². The van der Waals surface area contributed by atoms with Crippen molar-refractivity contribution in [2.75, 3.05) is 0 Å². The van der Waals surface area contributed by atoms with Gasteiger partial charge in [-0.1, -0.05) is 0 Å². The summed E-state index contributed by atoms with van der Waals surface area (Å²) in [5.74, 6) is 0. The summed E-state index contributed by atoms with van der Waals surface area (Å²) >= 11 is -2.39. The van der Waals surface area contributed by atoms with Gasteiger partial charge in [0.05, 0.1) is 0 Å². The molecular weight excluding hydrogens is 419 g/mol. The van der Waals surface area contributed by atoms with E-state index in [1.807, 2.05) is 54.6 Å². The van der Waals surface area contributed by atoms with E-state index in [0.717, 1.165) is 50.4 Å². The molecule has 1 atom stereocenters. The predicted molar refractivity (Wildman–Crippen MR) is 92.7 cm³/mol. The van der Waals surface area contributed by atoms with Crippen LogP contribution in [0.2, 0.25) is 0 Å². The van der Waals surface area contributed by atoms with E-state index in [-0.39, 0.29) is 0 Å². The van der Waals surface area contributed by atoms with Crippen LogP contribution in [-0.4, -0.2) is 18.2 Å². The van der Waals surface area contributed by atoms with Gasteiger partial charge in [-0.25, -0.2) is 0 Å². The Morgan fingerprint density at radius 1 is 0.808 bits per heavy atom. The fourth-order valence-corrected chi connectivity index (χ4v) is 8.97. The molecule has 0 fully saturated rings. The Morgan fingerprint density at radius 3 is 2.04 bits per heavy atom. The first-order valence-electron chi connectivity index (χ1n) is 8.30. The zero-order chi connectivity index (χ0) is 18.1. The molecule has 0 aromatic heterocycles. The first-order valence-corrected chi connectivity index (χ1v) is 11.9. The van der Waals surface area contributed by atoms with Crippen LogP contribution in [0.5, 0.6) is 0 Å². The number of rotatable bonds is 4. The Kier molecular flexibility index (Phi) is 4.95. The van der Waals surface area contributed by atoms with Crippen molar-refractivity contribution in [1.29, 1.82) is 0 Å². The van der Waals surface area contributed by atoms with Crippen molar-refractivity contribution in [2.45, 2.75) is 19.3 Å². The number of hydrogen-bond donors (Lipinski definition) is 0. The number of benzene rings is 2. The molecule has 0 spiro atoms. The summed E-state index contributed by atoms with van der Waals surface area (Å²) in [7, 11) is -4.47. The average molecular weight is 436 g/mol. The van der Waals surface area contributed by atoms with Crippen molar-refractivity contribution in [2.24, 2.45) is 0 Å². The maximum atomic E-state index is 11.4. The summed E-state index contributed by atoms with van der Waals surface area (Å²) in [6.07, 6.45) is 4.65. The maximum absolute atomic E-state index is 11.4. The van der Waals surface area contributed by atoms with Crippen LogP contribution in [0.3, 0.4) is 0 Å². The Balaban J connectivity index is 1.94. The molecule has 134 valence electrons. The van der Waals surface area contributed by atoms with E-state index in [4.69, 9.17) is 3.37 Å². The molecule has 2 aromatic rings. The number of hydrogen-bond acceptors (Lipinski definition) is 4. The van der Waals surface area contributed by atoms with Crippen molar-refractivity contribution in [3.63, 3.8) is 0 Å². The van der Waals surface area contributed by atoms with Gasteiger partial charge in [-0.2, -0.15) is 0 Å². The van der Waals surface area contributed by atoms with Crippen molar-refractivity contribution >= 4 is 23.8 Å². The molecule has 0 saturated heterocycles. The second-order valence-electron chi connectivity index (χ2n) is 6.12. The number of halogens is 1. The normalized spacial score (nSPS) is 20.2. The fraction of sp³-hybridized carbons (Fsp3) is 0.150. The third-order valence-corrected chi connectivity index (χ3v) is 9.98. The third kappa shape index (κ3) is 3.61. The Labute approximate surface area is 158 Å². The van der Waals surface area contributed by atoms with Gasteiger partial charge in [-0.3, -0.25) is 0 Å². The van der Waals surface area contributed by atoms with E-state index in [9.17, 15) is 14.0 Å². The molecule has 2 aromatic carbocycles.